The Hall–Kier alpha value is -0.860. The SMILES string of the molecule is OC[C@@H](OC1CCCCC1)c1ccccc1. The molecule has 88 valence electrons. The monoisotopic (exact) mass is 220 g/mol. The molecular weight excluding hydrogens is 200 g/mol. The summed E-state index contributed by atoms with van der Waals surface area (Å²) in [5.74, 6) is 0. The molecular formula is C14H20O2. The maximum absolute atomic E-state index is 9.39. The highest BCUT2D eigenvalue weighted by Crippen LogP contribution is 2.26. The Kier molecular flexibility index (Phi) is 4.37. The Morgan fingerprint density at radius 2 is 1.81 bits per heavy atom. The number of hydrogen-bond acceptors (Lipinski definition) is 2. The van der Waals surface area contributed by atoms with Gasteiger partial charge in [0.25, 0.3) is 0 Å². The van der Waals surface area contributed by atoms with Crippen LogP contribution in [-0.2, 0) is 4.74 Å². The molecule has 0 heterocycles. The summed E-state index contributed by atoms with van der Waals surface area (Å²) >= 11 is 0. The molecule has 2 rings (SSSR count). The fourth-order valence-electron chi connectivity index (χ4n) is 2.33. The first-order chi connectivity index (χ1) is 7.90. The number of rotatable bonds is 4. The van der Waals surface area contributed by atoms with Crippen molar-refractivity contribution in [3.8, 4) is 0 Å². The van der Waals surface area contributed by atoms with Crippen molar-refractivity contribution in [2.45, 2.75) is 44.3 Å². The molecule has 0 unspecified atom stereocenters. The van der Waals surface area contributed by atoms with Gasteiger partial charge in [0, 0.05) is 0 Å². The van der Waals surface area contributed by atoms with Crippen LogP contribution < -0.4 is 0 Å². The molecule has 0 spiro atoms. The van der Waals surface area contributed by atoms with Gasteiger partial charge in [-0.3, -0.25) is 0 Å². The predicted molar refractivity (Wildman–Crippen MR) is 64.2 cm³/mol. The van der Waals surface area contributed by atoms with Crippen molar-refractivity contribution in [2.24, 2.45) is 0 Å². The Morgan fingerprint density at radius 1 is 1.12 bits per heavy atom. The number of aliphatic hydroxyl groups excluding tert-OH is 1. The van der Waals surface area contributed by atoms with Crippen molar-refractivity contribution in [3.05, 3.63) is 35.9 Å². The molecule has 1 atom stereocenters. The lowest BCUT2D eigenvalue weighted by molar-refractivity contribution is -0.0550. The van der Waals surface area contributed by atoms with Gasteiger partial charge in [-0.1, -0.05) is 49.6 Å². The maximum atomic E-state index is 9.39. The van der Waals surface area contributed by atoms with Gasteiger partial charge in [-0.05, 0) is 18.4 Å². The van der Waals surface area contributed by atoms with Gasteiger partial charge >= 0.3 is 0 Å². The van der Waals surface area contributed by atoms with Crippen molar-refractivity contribution >= 4 is 0 Å². The highest BCUT2D eigenvalue weighted by molar-refractivity contribution is 5.17. The normalized spacial score (nSPS) is 19.6. The lowest BCUT2D eigenvalue weighted by Crippen LogP contribution is -2.21. The number of hydrogen-bond donors (Lipinski definition) is 1. The molecule has 0 aromatic heterocycles. The molecule has 16 heavy (non-hydrogen) atoms. The summed E-state index contributed by atoms with van der Waals surface area (Å²) in [5, 5.41) is 9.39. The molecule has 0 saturated heterocycles. The third-order valence-electron chi connectivity index (χ3n) is 3.25. The molecule has 0 bridgehead atoms. The van der Waals surface area contributed by atoms with E-state index in [1.807, 2.05) is 30.3 Å². The van der Waals surface area contributed by atoms with E-state index in [-0.39, 0.29) is 12.7 Å². The first-order valence-corrected chi connectivity index (χ1v) is 6.21. The Labute approximate surface area is 97.3 Å². The number of benzene rings is 1. The third kappa shape index (κ3) is 3.06. The van der Waals surface area contributed by atoms with Crippen LogP contribution in [0.25, 0.3) is 0 Å². The summed E-state index contributed by atoms with van der Waals surface area (Å²) in [6.45, 7) is 0.0700. The Morgan fingerprint density at radius 3 is 2.44 bits per heavy atom. The average Bonchev–Trinajstić information content (AvgIpc) is 2.38. The zero-order chi connectivity index (χ0) is 11.2. The fraction of sp³-hybridized carbons (Fsp3) is 0.571. The van der Waals surface area contributed by atoms with Crippen LogP contribution in [0.4, 0.5) is 0 Å². The molecule has 2 heteroatoms. The Balaban J connectivity index is 1.94. The van der Waals surface area contributed by atoms with Gasteiger partial charge in [0.2, 0.25) is 0 Å². The maximum Gasteiger partial charge on any atom is 0.106 e. The highest BCUT2D eigenvalue weighted by atomic mass is 16.5. The van der Waals surface area contributed by atoms with Crippen LogP contribution in [-0.4, -0.2) is 17.8 Å². The van der Waals surface area contributed by atoms with E-state index in [9.17, 15) is 5.11 Å². The number of ether oxygens (including phenoxy) is 1. The van der Waals surface area contributed by atoms with E-state index in [0.717, 1.165) is 18.4 Å². The molecule has 1 N–H and O–H groups in total. The molecule has 1 aromatic rings. The average molecular weight is 220 g/mol. The van der Waals surface area contributed by atoms with Crippen LogP contribution in [0, 0.1) is 0 Å². The van der Waals surface area contributed by atoms with E-state index < -0.39 is 0 Å². The van der Waals surface area contributed by atoms with Crippen LogP contribution in [0.15, 0.2) is 30.3 Å². The highest BCUT2D eigenvalue weighted by Gasteiger charge is 2.19. The van der Waals surface area contributed by atoms with Gasteiger partial charge in [0.1, 0.15) is 6.10 Å². The second kappa shape index (κ2) is 6.02. The lowest BCUT2D eigenvalue weighted by Gasteiger charge is -2.26. The van der Waals surface area contributed by atoms with Crippen LogP contribution >= 0.6 is 0 Å². The van der Waals surface area contributed by atoms with Gasteiger partial charge in [0.15, 0.2) is 0 Å². The minimum atomic E-state index is -0.149. The first kappa shape index (κ1) is 11.6. The van der Waals surface area contributed by atoms with E-state index >= 15 is 0 Å². The first-order valence-electron chi connectivity index (χ1n) is 6.21. The molecule has 0 aliphatic heterocycles. The second-order valence-electron chi connectivity index (χ2n) is 4.48. The van der Waals surface area contributed by atoms with Crippen LogP contribution in [0.3, 0.4) is 0 Å². The molecule has 0 radical (unpaired) electrons. The van der Waals surface area contributed by atoms with Crippen molar-refractivity contribution < 1.29 is 9.84 Å². The summed E-state index contributed by atoms with van der Waals surface area (Å²) in [5.41, 5.74) is 1.08. The standard InChI is InChI=1S/C14H20O2/c15-11-14(12-7-3-1-4-8-12)16-13-9-5-2-6-10-13/h1,3-4,7-8,13-15H,2,5-6,9-11H2/t14-/m1/s1. The summed E-state index contributed by atoms with van der Waals surface area (Å²) < 4.78 is 5.98. The van der Waals surface area contributed by atoms with E-state index in [4.69, 9.17) is 4.74 Å². The van der Waals surface area contributed by atoms with E-state index in [1.54, 1.807) is 0 Å². The summed E-state index contributed by atoms with van der Waals surface area (Å²) in [6.07, 6.45) is 6.33. The minimum absolute atomic E-state index is 0.0700. The van der Waals surface area contributed by atoms with Crippen LogP contribution in [0.5, 0.6) is 0 Å². The van der Waals surface area contributed by atoms with Crippen molar-refractivity contribution in [3.63, 3.8) is 0 Å². The van der Waals surface area contributed by atoms with Crippen LogP contribution in [0.1, 0.15) is 43.8 Å². The van der Waals surface area contributed by atoms with Crippen molar-refractivity contribution in [1.82, 2.24) is 0 Å². The summed E-state index contributed by atoms with van der Waals surface area (Å²) in [6, 6.07) is 10.00. The largest absolute Gasteiger partial charge is 0.393 e. The zero-order valence-corrected chi connectivity index (χ0v) is 9.64. The van der Waals surface area contributed by atoms with E-state index in [2.05, 4.69) is 0 Å². The molecule has 1 aliphatic rings. The van der Waals surface area contributed by atoms with E-state index in [1.165, 1.54) is 19.3 Å². The number of aliphatic hydroxyl groups is 1. The molecule has 0 amide bonds. The van der Waals surface area contributed by atoms with Gasteiger partial charge in [-0.25, -0.2) is 0 Å². The summed E-state index contributed by atoms with van der Waals surface area (Å²) in [7, 11) is 0. The Bertz CT molecular complexity index is 291. The molecule has 1 aromatic carbocycles. The van der Waals surface area contributed by atoms with Crippen molar-refractivity contribution in [1.29, 1.82) is 0 Å². The molecule has 2 nitrogen and oxygen atoms in total. The quantitative estimate of drug-likeness (QED) is 0.845. The topological polar surface area (TPSA) is 29.5 Å². The van der Waals surface area contributed by atoms with Gasteiger partial charge < -0.3 is 9.84 Å². The minimum Gasteiger partial charge on any atom is -0.393 e. The fourth-order valence-corrected chi connectivity index (χ4v) is 2.33. The summed E-state index contributed by atoms with van der Waals surface area (Å²) in [4.78, 5) is 0. The van der Waals surface area contributed by atoms with Gasteiger partial charge in [0.05, 0.1) is 12.7 Å². The predicted octanol–water partition coefficient (Wildman–Crippen LogP) is 3.07. The molecule has 1 aliphatic carbocycles. The lowest BCUT2D eigenvalue weighted by atomic mass is 9.97. The van der Waals surface area contributed by atoms with Gasteiger partial charge in [-0.15, -0.1) is 0 Å². The van der Waals surface area contributed by atoms with Crippen LogP contribution in [0.2, 0.25) is 0 Å². The second-order valence-corrected chi connectivity index (χ2v) is 4.48. The zero-order valence-electron chi connectivity index (χ0n) is 9.64. The third-order valence-corrected chi connectivity index (χ3v) is 3.25. The van der Waals surface area contributed by atoms with Crippen molar-refractivity contribution in [2.75, 3.05) is 6.61 Å². The van der Waals surface area contributed by atoms with E-state index in [0.29, 0.717) is 6.10 Å². The smallest absolute Gasteiger partial charge is 0.106 e. The van der Waals surface area contributed by atoms with Gasteiger partial charge in [-0.2, -0.15) is 0 Å². The molecule has 1 saturated carbocycles. The molecule has 1 fully saturated rings.